The van der Waals surface area contributed by atoms with Gasteiger partial charge < -0.3 is 19.1 Å². The number of aromatic nitrogens is 1. The SMILES string of the molecule is COc1cc(C=Cc2onc(C)c2[N+](=O)[O-])ccc1OCC(=O)O. The molecule has 1 N–H and O–H groups in total. The van der Waals surface area contributed by atoms with Gasteiger partial charge >= 0.3 is 11.7 Å². The molecule has 0 amide bonds. The van der Waals surface area contributed by atoms with E-state index in [1.54, 1.807) is 24.3 Å². The molecule has 0 atom stereocenters. The lowest BCUT2D eigenvalue weighted by molar-refractivity contribution is -0.386. The molecular weight excluding hydrogens is 320 g/mol. The summed E-state index contributed by atoms with van der Waals surface area (Å²) in [7, 11) is 1.42. The monoisotopic (exact) mass is 334 g/mol. The molecule has 0 aliphatic carbocycles. The highest BCUT2D eigenvalue weighted by Gasteiger charge is 2.21. The van der Waals surface area contributed by atoms with Gasteiger partial charge in [-0.15, -0.1) is 0 Å². The van der Waals surface area contributed by atoms with Crippen molar-refractivity contribution in [3.63, 3.8) is 0 Å². The molecule has 24 heavy (non-hydrogen) atoms. The number of carboxylic acid groups (broad SMARTS) is 1. The fraction of sp³-hybridized carbons (Fsp3) is 0.200. The van der Waals surface area contributed by atoms with Gasteiger partial charge in [0.25, 0.3) is 0 Å². The number of aliphatic carboxylic acids is 1. The van der Waals surface area contributed by atoms with Gasteiger partial charge in [-0.1, -0.05) is 17.3 Å². The Labute approximate surface area is 136 Å². The lowest BCUT2D eigenvalue weighted by Gasteiger charge is -2.09. The van der Waals surface area contributed by atoms with E-state index in [0.717, 1.165) is 0 Å². The molecule has 1 aromatic carbocycles. The minimum Gasteiger partial charge on any atom is -0.493 e. The molecule has 1 aromatic heterocycles. The molecule has 0 saturated heterocycles. The second kappa shape index (κ2) is 7.27. The van der Waals surface area contributed by atoms with Gasteiger partial charge in [0.2, 0.25) is 5.76 Å². The lowest BCUT2D eigenvalue weighted by atomic mass is 10.1. The second-order valence-corrected chi connectivity index (χ2v) is 4.66. The topological polar surface area (TPSA) is 125 Å². The van der Waals surface area contributed by atoms with Crippen molar-refractivity contribution in [2.45, 2.75) is 6.92 Å². The molecular formula is C15H14N2O7. The molecule has 0 aliphatic heterocycles. The van der Waals surface area contributed by atoms with Gasteiger partial charge in [0.15, 0.2) is 23.8 Å². The summed E-state index contributed by atoms with van der Waals surface area (Å²) in [5, 5.41) is 23.2. The van der Waals surface area contributed by atoms with E-state index >= 15 is 0 Å². The normalized spacial score (nSPS) is 10.8. The zero-order valence-electron chi connectivity index (χ0n) is 12.9. The summed E-state index contributed by atoms with van der Waals surface area (Å²) in [5.41, 5.74) is 0.646. The van der Waals surface area contributed by atoms with Gasteiger partial charge in [-0.25, -0.2) is 4.79 Å². The molecule has 2 aromatic rings. The van der Waals surface area contributed by atoms with Crippen LogP contribution in [0, 0.1) is 17.0 Å². The molecule has 0 fully saturated rings. The maximum Gasteiger partial charge on any atom is 0.341 e. The minimum atomic E-state index is -1.10. The Bertz CT molecular complexity index is 795. The molecule has 0 saturated carbocycles. The van der Waals surface area contributed by atoms with Crippen LogP contribution in [0.4, 0.5) is 5.69 Å². The van der Waals surface area contributed by atoms with E-state index in [-0.39, 0.29) is 22.9 Å². The molecule has 9 nitrogen and oxygen atoms in total. The highest BCUT2D eigenvalue weighted by Crippen LogP contribution is 2.30. The largest absolute Gasteiger partial charge is 0.493 e. The first kappa shape index (κ1) is 17.0. The smallest absolute Gasteiger partial charge is 0.341 e. The van der Waals surface area contributed by atoms with Crippen molar-refractivity contribution >= 4 is 23.8 Å². The number of hydrogen-bond acceptors (Lipinski definition) is 7. The van der Waals surface area contributed by atoms with Gasteiger partial charge in [0, 0.05) is 0 Å². The third-order valence-electron chi connectivity index (χ3n) is 3.01. The van der Waals surface area contributed by atoms with Crippen molar-refractivity contribution < 1.29 is 28.8 Å². The van der Waals surface area contributed by atoms with E-state index < -0.39 is 17.5 Å². The molecule has 0 aliphatic rings. The number of methoxy groups -OCH3 is 1. The van der Waals surface area contributed by atoms with E-state index in [4.69, 9.17) is 19.1 Å². The van der Waals surface area contributed by atoms with Gasteiger partial charge in [-0.2, -0.15) is 0 Å². The van der Waals surface area contributed by atoms with Crippen molar-refractivity contribution in [3.05, 3.63) is 45.3 Å². The number of ether oxygens (including phenoxy) is 2. The first-order chi connectivity index (χ1) is 11.4. The minimum absolute atomic E-state index is 0.0303. The van der Waals surface area contributed by atoms with E-state index in [1.807, 2.05) is 0 Å². The number of benzene rings is 1. The quantitative estimate of drug-likeness (QED) is 0.605. The number of carbonyl (C=O) groups is 1. The molecule has 0 unspecified atom stereocenters. The Morgan fingerprint density at radius 1 is 1.42 bits per heavy atom. The number of carboxylic acids is 1. The Morgan fingerprint density at radius 2 is 2.17 bits per heavy atom. The maximum atomic E-state index is 11.0. The zero-order chi connectivity index (χ0) is 17.7. The van der Waals surface area contributed by atoms with Crippen LogP contribution in [0.3, 0.4) is 0 Å². The number of nitrogens with zero attached hydrogens (tertiary/aromatic N) is 2. The first-order valence-corrected chi connectivity index (χ1v) is 6.73. The van der Waals surface area contributed by atoms with Crippen molar-refractivity contribution in [2.24, 2.45) is 0 Å². The van der Waals surface area contributed by atoms with Crippen LogP contribution < -0.4 is 9.47 Å². The molecule has 0 spiro atoms. The predicted octanol–water partition coefficient (Wildman–Crippen LogP) is 2.53. The number of aryl methyl sites for hydroxylation is 1. The van der Waals surface area contributed by atoms with Crippen LogP contribution in [-0.2, 0) is 4.79 Å². The van der Waals surface area contributed by atoms with Crippen LogP contribution in [0.2, 0.25) is 0 Å². The van der Waals surface area contributed by atoms with E-state index in [0.29, 0.717) is 11.3 Å². The fourth-order valence-electron chi connectivity index (χ4n) is 1.93. The van der Waals surface area contributed by atoms with Gasteiger partial charge in [-0.05, 0) is 30.7 Å². The first-order valence-electron chi connectivity index (χ1n) is 6.73. The predicted molar refractivity (Wildman–Crippen MR) is 82.9 cm³/mol. The maximum absolute atomic E-state index is 11.0. The summed E-state index contributed by atoms with van der Waals surface area (Å²) >= 11 is 0. The number of nitro groups is 1. The van der Waals surface area contributed by atoms with Crippen LogP contribution in [0.1, 0.15) is 17.0 Å². The van der Waals surface area contributed by atoms with Crippen LogP contribution in [-0.4, -0.2) is 34.9 Å². The Kier molecular flexibility index (Phi) is 5.15. The van der Waals surface area contributed by atoms with E-state index in [1.165, 1.54) is 20.1 Å². The highest BCUT2D eigenvalue weighted by molar-refractivity contribution is 5.73. The summed E-state index contributed by atoms with van der Waals surface area (Å²) in [4.78, 5) is 21.0. The summed E-state index contributed by atoms with van der Waals surface area (Å²) in [6.07, 6.45) is 3.00. The molecule has 0 radical (unpaired) electrons. The Morgan fingerprint density at radius 3 is 2.79 bits per heavy atom. The van der Waals surface area contributed by atoms with E-state index in [9.17, 15) is 14.9 Å². The Hall–Kier alpha value is -3.36. The number of rotatable bonds is 7. The number of hydrogen-bond donors (Lipinski definition) is 1. The highest BCUT2D eigenvalue weighted by atomic mass is 16.6. The molecule has 2 rings (SSSR count). The lowest BCUT2D eigenvalue weighted by Crippen LogP contribution is -2.10. The molecule has 1 heterocycles. The summed E-state index contributed by atoms with van der Waals surface area (Å²) in [6.45, 7) is 0.992. The standard InChI is InChI=1S/C15H14N2O7/c1-9-15(17(20)21)12(24-16-9)6-4-10-3-5-11(13(7-10)22-2)23-8-14(18)19/h3-7H,8H2,1-2H3,(H,18,19). The second-order valence-electron chi connectivity index (χ2n) is 4.66. The average molecular weight is 334 g/mol. The summed E-state index contributed by atoms with van der Waals surface area (Å²) < 4.78 is 15.2. The summed E-state index contributed by atoms with van der Waals surface area (Å²) in [6, 6.07) is 4.79. The third kappa shape index (κ3) is 3.88. The summed E-state index contributed by atoms with van der Waals surface area (Å²) in [5.74, 6) is -0.461. The average Bonchev–Trinajstić information content (AvgIpc) is 2.92. The van der Waals surface area contributed by atoms with Crippen LogP contribution >= 0.6 is 0 Å². The molecule has 0 bridgehead atoms. The molecule has 126 valence electrons. The Balaban J connectivity index is 2.24. The fourth-order valence-corrected chi connectivity index (χ4v) is 1.93. The zero-order valence-corrected chi connectivity index (χ0v) is 12.9. The van der Waals surface area contributed by atoms with Gasteiger partial charge in [0.1, 0.15) is 0 Å². The van der Waals surface area contributed by atoms with Crippen LogP contribution in [0.25, 0.3) is 12.2 Å². The van der Waals surface area contributed by atoms with Crippen molar-refractivity contribution in [2.75, 3.05) is 13.7 Å². The van der Waals surface area contributed by atoms with E-state index in [2.05, 4.69) is 5.16 Å². The van der Waals surface area contributed by atoms with Crippen molar-refractivity contribution in [1.29, 1.82) is 0 Å². The third-order valence-corrected chi connectivity index (χ3v) is 3.01. The molecule has 9 heteroatoms. The van der Waals surface area contributed by atoms with Crippen molar-refractivity contribution in [3.8, 4) is 11.5 Å². The van der Waals surface area contributed by atoms with Gasteiger partial charge in [-0.3, -0.25) is 10.1 Å². The van der Waals surface area contributed by atoms with Crippen molar-refractivity contribution in [1.82, 2.24) is 5.16 Å². The van der Waals surface area contributed by atoms with Crippen LogP contribution in [0.5, 0.6) is 11.5 Å². The van der Waals surface area contributed by atoms with Crippen LogP contribution in [0.15, 0.2) is 22.7 Å². The van der Waals surface area contributed by atoms with Gasteiger partial charge in [0.05, 0.1) is 12.0 Å².